The van der Waals surface area contributed by atoms with Crippen LogP contribution < -0.4 is 25.3 Å². The molecule has 1 aromatic heterocycles. The van der Waals surface area contributed by atoms with E-state index in [0.717, 1.165) is 56.9 Å². The molecule has 0 bridgehead atoms. The minimum atomic E-state index is -0.472. The van der Waals surface area contributed by atoms with Gasteiger partial charge in [-0.3, -0.25) is 14.5 Å². The summed E-state index contributed by atoms with van der Waals surface area (Å²) in [5, 5.41) is 8.06. The summed E-state index contributed by atoms with van der Waals surface area (Å²) < 4.78 is 25.4. The molecule has 0 spiro atoms. The van der Waals surface area contributed by atoms with Crippen molar-refractivity contribution in [1.29, 1.82) is 0 Å². The van der Waals surface area contributed by atoms with Crippen molar-refractivity contribution >= 4 is 46.2 Å². The molecule has 46 heavy (non-hydrogen) atoms. The van der Waals surface area contributed by atoms with E-state index in [2.05, 4.69) is 43.9 Å². The highest BCUT2D eigenvalue weighted by Gasteiger charge is 2.31. The van der Waals surface area contributed by atoms with Gasteiger partial charge in [0.15, 0.2) is 5.82 Å². The van der Waals surface area contributed by atoms with Gasteiger partial charge in [0.05, 0.1) is 54.6 Å². The fourth-order valence-electron chi connectivity index (χ4n) is 6.42. The van der Waals surface area contributed by atoms with E-state index in [1.54, 1.807) is 30.4 Å². The topological polar surface area (TPSA) is 104 Å². The maximum Gasteiger partial charge on any atom is 0.247 e. The van der Waals surface area contributed by atoms with Gasteiger partial charge in [0.25, 0.3) is 0 Å². The average Bonchev–Trinajstić information content (AvgIpc) is 3.57. The Labute approximate surface area is 273 Å². The van der Waals surface area contributed by atoms with Crippen molar-refractivity contribution in [3.63, 3.8) is 0 Å². The number of ether oxygens (including phenoxy) is 2. The fraction of sp³-hybridized carbons (Fsp3) is 0.424. The van der Waals surface area contributed by atoms with E-state index >= 15 is 0 Å². The number of nitrogens with zero attached hydrogens (tertiary/aromatic N) is 5. The number of amides is 1. The lowest BCUT2D eigenvalue weighted by atomic mass is 10.0. The minimum absolute atomic E-state index is 0.0559. The number of hydroxylamine groups is 1. The number of rotatable bonds is 9. The Balaban J connectivity index is 1.23. The van der Waals surface area contributed by atoms with E-state index in [9.17, 15) is 9.18 Å². The Kier molecular flexibility index (Phi) is 9.88. The van der Waals surface area contributed by atoms with Gasteiger partial charge in [-0.05, 0) is 49.6 Å². The first kappa shape index (κ1) is 32.0. The van der Waals surface area contributed by atoms with Gasteiger partial charge < -0.3 is 25.0 Å². The van der Waals surface area contributed by atoms with Gasteiger partial charge in [0.1, 0.15) is 23.7 Å². The summed E-state index contributed by atoms with van der Waals surface area (Å²) in [5.74, 6) is 0.821. The number of carbonyl (C=O) groups excluding carboxylic acids is 1. The van der Waals surface area contributed by atoms with Crippen LogP contribution in [0.25, 0.3) is 0 Å². The van der Waals surface area contributed by atoms with Crippen LogP contribution in [0, 0.1) is 5.82 Å². The van der Waals surface area contributed by atoms with Crippen LogP contribution in [0.1, 0.15) is 37.8 Å². The normalized spacial score (nSPS) is 20.9. The molecule has 3 aromatic rings. The zero-order valence-corrected chi connectivity index (χ0v) is 26.8. The van der Waals surface area contributed by atoms with Crippen molar-refractivity contribution in [2.75, 3.05) is 67.1 Å². The van der Waals surface area contributed by atoms with Crippen LogP contribution in [0.5, 0.6) is 5.75 Å². The largest absolute Gasteiger partial charge is 0.494 e. The molecule has 3 aliphatic heterocycles. The standard InChI is InChI=1S/C33H39ClFN7O4/c1-4-33(43)39-26-16-27(30(44-3)17-29(26)40-10-7-23(8-11-40)41-12-14-45-21(2)19-41)38-31-18-32(37-20-36-31)42-28(9-13-46-42)22-5-6-25(35)24(34)15-22/h4-6,15-18,20-21,23,28H,1,7-14,19H2,2-3H3,(H,39,43)(H,36,37,38). The van der Waals surface area contributed by atoms with Gasteiger partial charge in [0, 0.05) is 50.8 Å². The van der Waals surface area contributed by atoms with E-state index in [4.69, 9.17) is 25.9 Å². The van der Waals surface area contributed by atoms with E-state index in [-0.39, 0.29) is 23.1 Å². The molecule has 2 atom stereocenters. The van der Waals surface area contributed by atoms with Gasteiger partial charge in [-0.25, -0.2) is 19.4 Å². The third-order valence-corrected chi connectivity index (χ3v) is 9.02. The van der Waals surface area contributed by atoms with Crippen molar-refractivity contribution in [3.05, 3.63) is 71.8 Å². The second-order valence-electron chi connectivity index (χ2n) is 11.7. The van der Waals surface area contributed by atoms with E-state index in [1.165, 1.54) is 18.5 Å². The van der Waals surface area contributed by atoms with Crippen LogP contribution >= 0.6 is 11.6 Å². The molecule has 4 heterocycles. The van der Waals surface area contributed by atoms with Gasteiger partial charge >= 0.3 is 0 Å². The lowest BCUT2D eigenvalue weighted by Gasteiger charge is -2.42. The Hall–Kier alpha value is -3.97. The minimum Gasteiger partial charge on any atom is -0.494 e. The first-order valence-corrected chi connectivity index (χ1v) is 15.9. The summed E-state index contributed by atoms with van der Waals surface area (Å²) in [6.45, 7) is 10.6. The highest BCUT2D eigenvalue weighted by molar-refractivity contribution is 6.30. The third kappa shape index (κ3) is 7.05. The molecule has 0 aliphatic carbocycles. The predicted molar refractivity (Wildman–Crippen MR) is 177 cm³/mol. The Bertz CT molecular complexity index is 1570. The van der Waals surface area contributed by atoms with Crippen molar-refractivity contribution in [3.8, 4) is 5.75 Å². The lowest BCUT2D eigenvalue weighted by Crippen LogP contribution is -2.51. The van der Waals surface area contributed by atoms with Crippen LogP contribution in [-0.2, 0) is 14.4 Å². The quantitative estimate of drug-likeness (QED) is 0.279. The summed E-state index contributed by atoms with van der Waals surface area (Å²) in [6, 6.07) is 10.5. The molecule has 0 saturated carbocycles. The van der Waals surface area contributed by atoms with Crippen molar-refractivity contribution in [2.45, 2.75) is 44.4 Å². The SMILES string of the molecule is C=CC(=O)Nc1cc(Nc2cc(N3OCCC3c3ccc(F)c(Cl)c3)ncn2)c(OC)cc1N1CCC(N2CCOC(C)C2)CC1. The molecular weight excluding hydrogens is 613 g/mol. The molecule has 3 saturated heterocycles. The third-order valence-electron chi connectivity index (χ3n) is 8.73. The highest BCUT2D eigenvalue weighted by Crippen LogP contribution is 2.41. The highest BCUT2D eigenvalue weighted by atomic mass is 35.5. The average molecular weight is 652 g/mol. The molecule has 11 nitrogen and oxygen atoms in total. The smallest absolute Gasteiger partial charge is 0.247 e. The molecule has 2 unspecified atom stereocenters. The van der Waals surface area contributed by atoms with Crippen LogP contribution in [0.15, 0.2) is 55.4 Å². The van der Waals surface area contributed by atoms with Crippen LogP contribution in [0.4, 0.5) is 33.1 Å². The predicted octanol–water partition coefficient (Wildman–Crippen LogP) is 5.72. The number of hydrogen-bond donors (Lipinski definition) is 2. The number of anilines is 5. The number of hydrogen-bond acceptors (Lipinski definition) is 10. The Morgan fingerprint density at radius 3 is 2.67 bits per heavy atom. The van der Waals surface area contributed by atoms with Gasteiger partial charge in [-0.1, -0.05) is 24.2 Å². The van der Waals surface area contributed by atoms with Crippen LogP contribution in [0.3, 0.4) is 0 Å². The molecule has 6 rings (SSSR count). The van der Waals surface area contributed by atoms with E-state index in [0.29, 0.717) is 47.8 Å². The van der Waals surface area contributed by atoms with E-state index in [1.807, 2.05) is 12.1 Å². The summed E-state index contributed by atoms with van der Waals surface area (Å²) in [6.07, 6.45) is 5.65. The number of carbonyl (C=O) groups is 1. The second kappa shape index (κ2) is 14.2. The summed E-state index contributed by atoms with van der Waals surface area (Å²) in [4.78, 5) is 32.1. The fourth-order valence-corrected chi connectivity index (χ4v) is 6.61. The first-order chi connectivity index (χ1) is 22.3. The number of benzene rings is 2. The second-order valence-corrected chi connectivity index (χ2v) is 12.1. The number of piperidine rings is 1. The summed E-state index contributed by atoms with van der Waals surface area (Å²) >= 11 is 6.06. The molecule has 2 aromatic carbocycles. The molecule has 2 N–H and O–H groups in total. The number of aromatic nitrogens is 2. The zero-order chi connectivity index (χ0) is 32.2. The van der Waals surface area contributed by atoms with Gasteiger partial charge in [-0.15, -0.1) is 0 Å². The maximum atomic E-state index is 13.8. The summed E-state index contributed by atoms with van der Waals surface area (Å²) in [7, 11) is 1.61. The molecule has 3 aliphatic rings. The Morgan fingerprint density at radius 2 is 1.93 bits per heavy atom. The van der Waals surface area contributed by atoms with Crippen molar-refractivity contribution in [2.24, 2.45) is 0 Å². The van der Waals surface area contributed by atoms with Gasteiger partial charge in [-0.2, -0.15) is 0 Å². The monoisotopic (exact) mass is 651 g/mol. The van der Waals surface area contributed by atoms with Crippen LogP contribution in [0.2, 0.25) is 5.02 Å². The van der Waals surface area contributed by atoms with Crippen LogP contribution in [-0.4, -0.2) is 79.4 Å². The summed E-state index contributed by atoms with van der Waals surface area (Å²) in [5.41, 5.74) is 2.94. The molecule has 3 fully saturated rings. The Morgan fingerprint density at radius 1 is 1.11 bits per heavy atom. The van der Waals surface area contributed by atoms with Gasteiger partial charge in [0.2, 0.25) is 5.91 Å². The number of nitrogens with one attached hydrogen (secondary N) is 2. The number of morpholine rings is 1. The number of halogens is 2. The molecule has 0 radical (unpaired) electrons. The molecular formula is C33H39ClFN7O4. The molecule has 244 valence electrons. The van der Waals surface area contributed by atoms with Crippen molar-refractivity contribution < 1.29 is 23.5 Å². The zero-order valence-electron chi connectivity index (χ0n) is 26.0. The molecule has 1 amide bonds. The van der Waals surface area contributed by atoms with Crippen molar-refractivity contribution in [1.82, 2.24) is 14.9 Å². The van der Waals surface area contributed by atoms with E-state index < -0.39 is 5.82 Å². The first-order valence-electron chi connectivity index (χ1n) is 15.5. The molecule has 13 heteroatoms. The number of methoxy groups -OCH3 is 1. The maximum absolute atomic E-state index is 13.8. The lowest BCUT2D eigenvalue weighted by molar-refractivity contribution is -0.111.